The van der Waals surface area contributed by atoms with Crippen LogP contribution in [-0.4, -0.2) is 72.6 Å². The number of hydrogen-bond donors (Lipinski definition) is 1. The zero-order valence-corrected chi connectivity index (χ0v) is 18.7. The molecule has 4 rings (SSSR count). The number of amides is 1. The van der Waals surface area contributed by atoms with E-state index >= 15 is 0 Å². The van der Waals surface area contributed by atoms with Gasteiger partial charge in [0.1, 0.15) is 18.1 Å². The van der Waals surface area contributed by atoms with Gasteiger partial charge in [-0.3, -0.25) is 14.5 Å². The first kappa shape index (κ1) is 22.8. The molecule has 2 aromatic rings. The van der Waals surface area contributed by atoms with Crippen molar-refractivity contribution < 1.29 is 28.6 Å². The molecule has 2 aliphatic rings. The quantitative estimate of drug-likeness (QED) is 0.462. The van der Waals surface area contributed by atoms with Crippen LogP contribution in [0.5, 0.6) is 5.75 Å². The number of carbonyl (C=O) groups is 2. The minimum Gasteiger partial charge on any atom is -0.503 e. The topological polar surface area (TPSA) is 92.5 Å². The first-order valence-electron chi connectivity index (χ1n) is 11.0. The van der Waals surface area contributed by atoms with Gasteiger partial charge in [0.25, 0.3) is 5.91 Å². The molecular weight excluding hydrogens is 424 g/mol. The highest BCUT2D eigenvalue weighted by Crippen LogP contribution is 2.40. The molecule has 1 N–H and O–H groups in total. The van der Waals surface area contributed by atoms with Crippen LogP contribution in [0.15, 0.2) is 64.8 Å². The summed E-state index contributed by atoms with van der Waals surface area (Å²) in [5, 5.41) is 10.8. The highest BCUT2D eigenvalue weighted by Gasteiger charge is 2.44. The van der Waals surface area contributed by atoms with Gasteiger partial charge in [-0.2, -0.15) is 0 Å². The average molecular weight is 453 g/mol. The van der Waals surface area contributed by atoms with Crippen LogP contribution in [0, 0.1) is 6.92 Å². The van der Waals surface area contributed by atoms with Crippen molar-refractivity contribution in [2.45, 2.75) is 13.0 Å². The molecule has 3 heterocycles. The molecule has 1 amide bonds. The number of rotatable bonds is 9. The second kappa shape index (κ2) is 10.1. The smallest absolute Gasteiger partial charge is 0.290 e. The van der Waals surface area contributed by atoms with E-state index in [1.165, 1.54) is 0 Å². The number of ketones is 1. The van der Waals surface area contributed by atoms with Crippen LogP contribution in [0.2, 0.25) is 0 Å². The van der Waals surface area contributed by atoms with E-state index in [1.807, 2.05) is 6.07 Å². The second-order valence-corrected chi connectivity index (χ2v) is 8.03. The number of carbonyl (C=O) groups excluding carboxylic acids is 2. The van der Waals surface area contributed by atoms with Gasteiger partial charge in [0, 0.05) is 26.2 Å². The number of morpholine rings is 1. The predicted molar refractivity (Wildman–Crippen MR) is 121 cm³/mol. The van der Waals surface area contributed by atoms with Gasteiger partial charge < -0.3 is 23.9 Å². The molecule has 1 fully saturated rings. The maximum absolute atomic E-state index is 13.3. The molecule has 1 aromatic carbocycles. The summed E-state index contributed by atoms with van der Waals surface area (Å²) in [7, 11) is 0. The van der Waals surface area contributed by atoms with Crippen molar-refractivity contribution in [3.05, 3.63) is 77.5 Å². The zero-order chi connectivity index (χ0) is 23.4. The second-order valence-electron chi connectivity index (χ2n) is 8.03. The molecule has 0 unspecified atom stereocenters. The number of Topliss-reactive ketones (excluding diaryl/α,β-unsaturated/α-hetero) is 1. The summed E-state index contributed by atoms with van der Waals surface area (Å²) in [6, 6.07) is 9.66. The Labute approximate surface area is 192 Å². The van der Waals surface area contributed by atoms with Gasteiger partial charge in [-0.15, -0.1) is 0 Å². The summed E-state index contributed by atoms with van der Waals surface area (Å²) in [5.41, 5.74) is 0.680. The van der Waals surface area contributed by atoms with E-state index in [-0.39, 0.29) is 11.3 Å². The molecule has 1 atom stereocenters. The first-order chi connectivity index (χ1) is 16.0. The first-order valence-corrected chi connectivity index (χ1v) is 11.0. The lowest BCUT2D eigenvalue weighted by Crippen LogP contribution is -2.43. The van der Waals surface area contributed by atoms with Crippen LogP contribution in [-0.2, 0) is 9.53 Å². The molecule has 0 aliphatic carbocycles. The lowest BCUT2D eigenvalue weighted by Gasteiger charge is -2.31. The number of nitrogens with zero attached hydrogens (tertiary/aromatic N) is 2. The lowest BCUT2D eigenvalue weighted by atomic mass is 9.95. The summed E-state index contributed by atoms with van der Waals surface area (Å²) >= 11 is 0. The molecule has 8 heteroatoms. The van der Waals surface area contributed by atoms with Crippen LogP contribution in [0.3, 0.4) is 0 Å². The third kappa shape index (κ3) is 4.86. The third-order valence-electron chi connectivity index (χ3n) is 5.81. The Kier molecular flexibility index (Phi) is 6.96. The van der Waals surface area contributed by atoms with Crippen molar-refractivity contribution >= 4 is 11.7 Å². The Balaban J connectivity index is 1.68. The van der Waals surface area contributed by atoms with E-state index in [0.29, 0.717) is 50.0 Å². The highest BCUT2D eigenvalue weighted by molar-refractivity contribution is 6.15. The van der Waals surface area contributed by atoms with E-state index in [9.17, 15) is 14.7 Å². The molecule has 0 radical (unpaired) electrons. The summed E-state index contributed by atoms with van der Waals surface area (Å²) < 4.78 is 16.6. The van der Waals surface area contributed by atoms with Crippen molar-refractivity contribution in [2.24, 2.45) is 0 Å². The fourth-order valence-electron chi connectivity index (χ4n) is 4.16. The van der Waals surface area contributed by atoms with E-state index in [2.05, 4.69) is 11.5 Å². The Bertz CT molecular complexity index is 1070. The molecule has 8 nitrogen and oxygen atoms in total. The van der Waals surface area contributed by atoms with Crippen LogP contribution >= 0.6 is 0 Å². The minimum absolute atomic E-state index is 0.0113. The normalized spacial score (nSPS) is 19.2. The number of aliphatic hydroxyl groups excluding tert-OH is 1. The summed E-state index contributed by atoms with van der Waals surface area (Å²) in [5.74, 6) is -0.384. The van der Waals surface area contributed by atoms with E-state index in [0.717, 1.165) is 13.1 Å². The van der Waals surface area contributed by atoms with E-state index in [1.54, 1.807) is 48.2 Å². The van der Waals surface area contributed by atoms with Gasteiger partial charge in [0.15, 0.2) is 11.5 Å². The number of hydrogen-bond acceptors (Lipinski definition) is 7. The summed E-state index contributed by atoms with van der Waals surface area (Å²) in [6.07, 6.45) is 1.64. The molecule has 33 heavy (non-hydrogen) atoms. The number of benzene rings is 1. The van der Waals surface area contributed by atoms with E-state index < -0.39 is 23.5 Å². The van der Waals surface area contributed by atoms with Gasteiger partial charge in [0.2, 0.25) is 5.78 Å². The zero-order valence-electron chi connectivity index (χ0n) is 18.7. The molecule has 0 bridgehead atoms. The van der Waals surface area contributed by atoms with Gasteiger partial charge >= 0.3 is 0 Å². The van der Waals surface area contributed by atoms with Crippen LogP contribution in [0.1, 0.15) is 27.9 Å². The Morgan fingerprint density at radius 3 is 2.73 bits per heavy atom. The van der Waals surface area contributed by atoms with Crippen molar-refractivity contribution in [3.63, 3.8) is 0 Å². The highest BCUT2D eigenvalue weighted by atomic mass is 16.5. The Morgan fingerprint density at radius 2 is 2.03 bits per heavy atom. The third-order valence-corrected chi connectivity index (χ3v) is 5.81. The van der Waals surface area contributed by atoms with E-state index in [4.69, 9.17) is 13.9 Å². The van der Waals surface area contributed by atoms with Crippen molar-refractivity contribution in [1.29, 1.82) is 0 Å². The van der Waals surface area contributed by atoms with Crippen molar-refractivity contribution in [1.82, 2.24) is 9.80 Å². The molecule has 0 spiro atoms. The van der Waals surface area contributed by atoms with Crippen LogP contribution < -0.4 is 4.74 Å². The number of ether oxygens (including phenoxy) is 2. The Hall–Kier alpha value is -3.36. The van der Waals surface area contributed by atoms with Crippen molar-refractivity contribution in [3.8, 4) is 5.75 Å². The molecular formula is C25H28N2O6. The number of aryl methyl sites for hydroxylation is 1. The minimum atomic E-state index is -0.760. The molecule has 1 saturated heterocycles. The predicted octanol–water partition coefficient (Wildman–Crippen LogP) is 3.06. The molecule has 2 aliphatic heterocycles. The van der Waals surface area contributed by atoms with Gasteiger partial charge in [-0.1, -0.05) is 24.8 Å². The molecule has 0 saturated carbocycles. The maximum Gasteiger partial charge on any atom is 0.290 e. The van der Waals surface area contributed by atoms with Crippen LogP contribution in [0.25, 0.3) is 0 Å². The van der Waals surface area contributed by atoms with Crippen LogP contribution in [0.4, 0.5) is 0 Å². The Morgan fingerprint density at radius 1 is 1.24 bits per heavy atom. The molecule has 1 aromatic heterocycles. The lowest BCUT2D eigenvalue weighted by molar-refractivity contribution is -0.129. The van der Waals surface area contributed by atoms with Gasteiger partial charge in [-0.25, -0.2) is 0 Å². The average Bonchev–Trinajstić information content (AvgIpc) is 3.38. The largest absolute Gasteiger partial charge is 0.503 e. The molecule has 174 valence electrons. The van der Waals surface area contributed by atoms with Gasteiger partial charge in [-0.05, 0) is 36.8 Å². The fraction of sp³-hybridized carbons (Fsp3) is 0.360. The number of furan rings is 1. The van der Waals surface area contributed by atoms with Crippen molar-refractivity contribution in [2.75, 3.05) is 46.0 Å². The van der Waals surface area contributed by atoms with Gasteiger partial charge in [0.05, 0.1) is 24.8 Å². The summed E-state index contributed by atoms with van der Waals surface area (Å²) in [6.45, 7) is 9.50. The number of aliphatic hydroxyl groups is 1. The SMILES string of the molecule is C=CCOc1cccc([C@H]2C(C(=O)c3ccc(C)o3)=C(O)C(=O)N2CCN2CCOCC2)c1. The fourth-order valence-corrected chi connectivity index (χ4v) is 4.16. The maximum atomic E-state index is 13.3. The standard InChI is InChI=1S/C25H28N2O6/c1-3-13-32-19-6-4-5-18(16-19)22-21(23(28)20-8-7-17(2)33-20)24(29)25(30)27(22)10-9-26-11-14-31-15-12-26/h3-8,16,22,29H,1,9-15H2,2H3/t22-/m0/s1. The monoisotopic (exact) mass is 452 g/mol. The summed E-state index contributed by atoms with van der Waals surface area (Å²) in [4.78, 5) is 30.2.